The molecule has 2 bridgehead atoms. The average molecular weight is 466 g/mol. The minimum absolute atomic E-state index is 0.103. The van der Waals surface area contributed by atoms with Gasteiger partial charge in [-0.3, -0.25) is 14.5 Å². The number of ether oxygens (including phenoxy) is 2. The van der Waals surface area contributed by atoms with Crippen molar-refractivity contribution in [3.63, 3.8) is 0 Å². The minimum atomic E-state index is -0.930. The highest BCUT2D eigenvalue weighted by Gasteiger charge is 2.56. The Morgan fingerprint density at radius 2 is 1.56 bits per heavy atom. The van der Waals surface area contributed by atoms with Crippen LogP contribution in [0.5, 0.6) is 0 Å². The molecule has 34 heavy (non-hydrogen) atoms. The normalized spacial score (nSPS) is 27.3. The number of benzene rings is 2. The number of hydrogen-bond donors (Lipinski definition) is 1. The second kappa shape index (κ2) is 10.2. The van der Waals surface area contributed by atoms with Gasteiger partial charge in [0.2, 0.25) is 0 Å². The van der Waals surface area contributed by atoms with Crippen LogP contribution in [-0.4, -0.2) is 95.5 Å². The van der Waals surface area contributed by atoms with Crippen LogP contribution in [0.15, 0.2) is 60.7 Å². The first-order chi connectivity index (χ1) is 16.6. The lowest BCUT2D eigenvalue weighted by Gasteiger charge is -2.39. The fraction of sp³-hybridized carbons (Fsp3) is 0.462. The van der Waals surface area contributed by atoms with Crippen LogP contribution in [0.4, 0.5) is 0 Å². The van der Waals surface area contributed by atoms with Crippen LogP contribution in [0, 0.1) is 0 Å². The van der Waals surface area contributed by atoms with Gasteiger partial charge in [-0.25, -0.2) is 0 Å². The van der Waals surface area contributed by atoms with Crippen molar-refractivity contribution in [3.8, 4) is 0 Å². The molecule has 0 radical (unpaired) electrons. The first-order valence-corrected chi connectivity index (χ1v) is 12.0. The molecular formula is C26H31N3O5. The lowest BCUT2D eigenvalue weighted by Crippen LogP contribution is -2.58. The lowest BCUT2D eigenvalue weighted by atomic mass is 10.0. The Morgan fingerprint density at radius 3 is 2.21 bits per heavy atom. The highest BCUT2D eigenvalue weighted by Crippen LogP contribution is 2.35. The van der Waals surface area contributed by atoms with Gasteiger partial charge in [0.25, 0.3) is 11.8 Å². The number of hydrogen-bond acceptors (Lipinski definition) is 6. The van der Waals surface area contributed by atoms with E-state index in [4.69, 9.17) is 14.6 Å². The van der Waals surface area contributed by atoms with Crippen LogP contribution < -0.4 is 0 Å². The third-order valence-corrected chi connectivity index (χ3v) is 6.90. The first-order valence-electron chi connectivity index (χ1n) is 12.0. The maximum absolute atomic E-state index is 13.6. The number of carbonyl (C=O) groups excluding carboxylic acids is 2. The summed E-state index contributed by atoms with van der Waals surface area (Å²) in [7, 11) is 0. The number of aliphatic hydroxyl groups excluding tert-OH is 1. The molecule has 8 heteroatoms. The largest absolute Gasteiger partial charge is 0.395 e. The van der Waals surface area contributed by atoms with E-state index in [2.05, 4.69) is 4.90 Å². The Hall–Kier alpha value is -2.78. The highest BCUT2D eigenvalue weighted by atomic mass is 16.7. The Kier molecular flexibility index (Phi) is 6.92. The van der Waals surface area contributed by atoms with Crippen molar-refractivity contribution in [1.29, 1.82) is 0 Å². The predicted octanol–water partition coefficient (Wildman–Crippen LogP) is 0.887. The number of rotatable bonds is 7. The van der Waals surface area contributed by atoms with Crippen molar-refractivity contribution in [2.75, 3.05) is 39.3 Å². The maximum atomic E-state index is 13.6. The summed E-state index contributed by atoms with van der Waals surface area (Å²) in [6.07, 6.45) is -1.93. The van der Waals surface area contributed by atoms with Gasteiger partial charge in [0, 0.05) is 39.3 Å². The fourth-order valence-electron chi connectivity index (χ4n) is 5.04. The zero-order chi connectivity index (χ0) is 23.5. The molecule has 3 fully saturated rings. The number of fused-ring (bicyclic) bond motifs is 2. The molecule has 2 aromatic rings. The van der Waals surface area contributed by atoms with Crippen LogP contribution in [-0.2, 0) is 32.0 Å². The van der Waals surface area contributed by atoms with E-state index in [1.165, 1.54) is 0 Å². The summed E-state index contributed by atoms with van der Waals surface area (Å²) in [4.78, 5) is 32.7. The second-order valence-electron chi connectivity index (χ2n) is 9.08. The third kappa shape index (κ3) is 4.72. The van der Waals surface area contributed by atoms with Crippen molar-refractivity contribution >= 4 is 11.8 Å². The van der Waals surface area contributed by atoms with E-state index >= 15 is 0 Å². The number of aliphatic hydroxyl groups is 1. The molecule has 4 atom stereocenters. The summed E-state index contributed by atoms with van der Waals surface area (Å²) in [5.41, 5.74) is 2.11. The molecule has 180 valence electrons. The predicted molar refractivity (Wildman–Crippen MR) is 125 cm³/mol. The molecule has 0 spiro atoms. The molecule has 0 aliphatic carbocycles. The summed E-state index contributed by atoms with van der Waals surface area (Å²) in [5.74, 6) is -0.389. The molecule has 3 saturated heterocycles. The van der Waals surface area contributed by atoms with E-state index in [1.807, 2.05) is 65.6 Å². The number of nitrogens with zero attached hydrogens (tertiary/aromatic N) is 3. The van der Waals surface area contributed by atoms with Gasteiger partial charge in [-0.15, -0.1) is 0 Å². The van der Waals surface area contributed by atoms with Crippen molar-refractivity contribution in [1.82, 2.24) is 14.7 Å². The van der Waals surface area contributed by atoms with Gasteiger partial charge >= 0.3 is 0 Å². The summed E-state index contributed by atoms with van der Waals surface area (Å²) < 4.78 is 12.2. The van der Waals surface area contributed by atoms with Crippen LogP contribution in [0.2, 0.25) is 0 Å². The summed E-state index contributed by atoms with van der Waals surface area (Å²) in [6.45, 7) is 3.63. The van der Waals surface area contributed by atoms with Crippen molar-refractivity contribution in [2.24, 2.45) is 0 Å². The Morgan fingerprint density at radius 1 is 0.912 bits per heavy atom. The van der Waals surface area contributed by atoms with E-state index in [0.29, 0.717) is 45.7 Å². The van der Waals surface area contributed by atoms with Gasteiger partial charge < -0.3 is 24.4 Å². The molecule has 8 nitrogen and oxygen atoms in total. The minimum Gasteiger partial charge on any atom is -0.395 e. The molecule has 0 saturated carbocycles. The maximum Gasteiger partial charge on any atom is 0.255 e. The summed E-state index contributed by atoms with van der Waals surface area (Å²) in [5, 5.41) is 9.16. The molecule has 2 amide bonds. The van der Waals surface area contributed by atoms with Gasteiger partial charge in [-0.05, 0) is 17.5 Å². The van der Waals surface area contributed by atoms with Crippen LogP contribution >= 0.6 is 0 Å². The quantitative estimate of drug-likeness (QED) is 0.654. The number of β-amino-alcohol motifs (C(OH)–C–C–N with tert-alkyl or cyclic N) is 1. The van der Waals surface area contributed by atoms with Crippen LogP contribution in [0.3, 0.4) is 0 Å². The molecule has 3 aliphatic rings. The summed E-state index contributed by atoms with van der Waals surface area (Å²) >= 11 is 0. The smallest absolute Gasteiger partial charge is 0.255 e. The van der Waals surface area contributed by atoms with E-state index < -0.39 is 18.5 Å². The Labute approximate surface area is 199 Å². The molecule has 5 rings (SSSR count). The Balaban J connectivity index is 1.35. The SMILES string of the molecule is O=C([C@@H]1O[C@H]2O[C@@H]1C(=O)N(Cc1ccccc1)[C@H]2Cc1ccccc1)N1CCN(CCO)CC1. The Bertz CT molecular complexity index is 980. The molecule has 2 aromatic carbocycles. The topological polar surface area (TPSA) is 82.6 Å². The monoisotopic (exact) mass is 465 g/mol. The van der Waals surface area contributed by atoms with E-state index in [0.717, 1.165) is 11.1 Å². The third-order valence-electron chi connectivity index (χ3n) is 6.90. The average Bonchev–Trinajstić information content (AvgIpc) is 3.28. The van der Waals surface area contributed by atoms with Crippen LogP contribution in [0.25, 0.3) is 0 Å². The van der Waals surface area contributed by atoms with Crippen molar-refractivity contribution in [3.05, 3.63) is 71.8 Å². The lowest BCUT2D eigenvalue weighted by molar-refractivity contribution is -0.177. The molecule has 0 unspecified atom stereocenters. The second-order valence-corrected chi connectivity index (χ2v) is 9.08. The number of piperazine rings is 1. The molecule has 1 N–H and O–H groups in total. The van der Waals surface area contributed by atoms with Crippen LogP contribution in [0.1, 0.15) is 11.1 Å². The van der Waals surface area contributed by atoms with Gasteiger partial charge in [0.15, 0.2) is 18.5 Å². The number of amides is 2. The standard InChI is InChI=1S/C26H31N3O5/c30-16-15-27-11-13-28(14-12-27)24(31)22-23-25(32)29(18-20-9-5-2-6-10-20)21(26(33-22)34-23)17-19-7-3-1-4-8-19/h1-10,21-23,26,30H,11-18H2/t21-,22+,23-,26-/m0/s1. The molecular weight excluding hydrogens is 434 g/mol. The molecule has 3 heterocycles. The van der Waals surface area contributed by atoms with Gasteiger partial charge in [0.05, 0.1) is 12.6 Å². The molecule has 0 aromatic heterocycles. The van der Waals surface area contributed by atoms with E-state index in [-0.39, 0.29) is 24.5 Å². The van der Waals surface area contributed by atoms with Crippen molar-refractivity contribution in [2.45, 2.75) is 37.5 Å². The zero-order valence-corrected chi connectivity index (χ0v) is 19.2. The fourth-order valence-corrected chi connectivity index (χ4v) is 5.04. The summed E-state index contributed by atoms with van der Waals surface area (Å²) in [6, 6.07) is 19.5. The van der Waals surface area contributed by atoms with E-state index in [1.54, 1.807) is 4.90 Å². The van der Waals surface area contributed by atoms with Gasteiger partial charge in [0.1, 0.15) is 0 Å². The number of carbonyl (C=O) groups is 2. The van der Waals surface area contributed by atoms with E-state index in [9.17, 15) is 9.59 Å². The van der Waals surface area contributed by atoms with Crippen molar-refractivity contribution < 1.29 is 24.2 Å². The van der Waals surface area contributed by atoms with Gasteiger partial charge in [-0.1, -0.05) is 60.7 Å². The zero-order valence-electron chi connectivity index (χ0n) is 19.2. The number of morpholine rings is 1. The van der Waals surface area contributed by atoms with Gasteiger partial charge in [-0.2, -0.15) is 0 Å². The highest BCUT2D eigenvalue weighted by molar-refractivity contribution is 5.92. The molecule has 3 aliphatic heterocycles. The first kappa shape index (κ1) is 23.0.